The van der Waals surface area contributed by atoms with Crippen LogP contribution in [0.2, 0.25) is 0 Å². The molecule has 2 aromatic carbocycles. The molecule has 4 fully saturated rings. The van der Waals surface area contributed by atoms with E-state index in [9.17, 15) is 4.79 Å². The van der Waals surface area contributed by atoms with Crippen LogP contribution in [-0.2, 0) is 0 Å². The second-order valence-corrected chi connectivity index (χ2v) is 12.3. The summed E-state index contributed by atoms with van der Waals surface area (Å²) in [5.41, 5.74) is 5.53. The number of aliphatic imine (C=N–C) groups is 1. The summed E-state index contributed by atoms with van der Waals surface area (Å²) in [6, 6.07) is 12.9. The molecule has 0 saturated heterocycles. The second kappa shape index (κ2) is 8.01. The average Bonchev–Trinajstić information content (AvgIpc) is 2.93. The first kappa shape index (κ1) is 21.5. The van der Waals surface area contributed by atoms with Crippen LogP contribution < -0.4 is 5.32 Å². The maximum Gasteiger partial charge on any atom is 0.251 e. The highest BCUT2D eigenvalue weighted by molar-refractivity contribution is 7.99. The third-order valence-corrected chi connectivity index (χ3v) is 9.97. The zero-order valence-electron chi connectivity index (χ0n) is 20.0. The van der Waals surface area contributed by atoms with Crippen molar-refractivity contribution in [2.75, 3.05) is 0 Å². The normalized spacial score (nSPS) is 30.2. The molecule has 4 heteroatoms. The van der Waals surface area contributed by atoms with Crippen molar-refractivity contribution in [1.82, 2.24) is 5.32 Å². The number of hydrogen-bond donors (Lipinski definition) is 1. The van der Waals surface area contributed by atoms with Crippen LogP contribution in [-0.4, -0.2) is 17.7 Å². The predicted molar refractivity (Wildman–Crippen MR) is 136 cm³/mol. The van der Waals surface area contributed by atoms with E-state index in [0.29, 0.717) is 5.41 Å². The molecule has 1 amide bonds. The Morgan fingerprint density at radius 2 is 1.73 bits per heavy atom. The Kier molecular flexibility index (Phi) is 5.21. The van der Waals surface area contributed by atoms with Gasteiger partial charge in [-0.3, -0.25) is 9.79 Å². The van der Waals surface area contributed by atoms with Crippen LogP contribution in [0.15, 0.2) is 51.2 Å². The number of carbonyl (C=O) groups excluding carboxylic acids is 1. The third-order valence-electron chi connectivity index (χ3n) is 8.83. The number of nitrogens with zero attached hydrogens (tertiary/aromatic N) is 1. The van der Waals surface area contributed by atoms with Crippen LogP contribution in [0.1, 0.15) is 80.3 Å². The molecule has 0 radical (unpaired) electrons. The van der Waals surface area contributed by atoms with Gasteiger partial charge in [-0.05, 0) is 112 Å². The molecule has 0 aromatic heterocycles. The summed E-state index contributed by atoms with van der Waals surface area (Å²) < 4.78 is 0. The largest absolute Gasteiger partial charge is 0.349 e. The molecule has 1 N–H and O–H groups in total. The SMILES string of the molecule is CCC1=Nc2cc(C(=O)N[C@@H](C)C34CC5CC(CC(C5)C3)C4)ccc2Sc2ccc(C)cc21. The summed E-state index contributed by atoms with van der Waals surface area (Å²) in [7, 11) is 0. The summed E-state index contributed by atoms with van der Waals surface area (Å²) >= 11 is 1.76. The van der Waals surface area contributed by atoms with E-state index < -0.39 is 0 Å². The van der Waals surface area contributed by atoms with Gasteiger partial charge in [0, 0.05) is 32.7 Å². The lowest BCUT2D eigenvalue weighted by Gasteiger charge is -2.59. The fraction of sp³-hybridized carbons (Fsp3) is 0.517. The van der Waals surface area contributed by atoms with E-state index in [2.05, 4.69) is 50.4 Å². The van der Waals surface area contributed by atoms with Crippen LogP contribution >= 0.6 is 11.8 Å². The fourth-order valence-electron chi connectivity index (χ4n) is 7.53. The lowest BCUT2D eigenvalue weighted by molar-refractivity contribution is -0.0688. The predicted octanol–water partition coefficient (Wildman–Crippen LogP) is 7.33. The molecule has 4 bridgehead atoms. The van der Waals surface area contributed by atoms with Crippen molar-refractivity contribution in [3.05, 3.63) is 53.1 Å². The molecule has 33 heavy (non-hydrogen) atoms. The highest BCUT2D eigenvalue weighted by Crippen LogP contribution is 2.61. The molecule has 172 valence electrons. The summed E-state index contributed by atoms with van der Waals surface area (Å²) in [4.78, 5) is 20.8. The van der Waals surface area contributed by atoms with Gasteiger partial charge in [0.15, 0.2) is 0 Å². The molecule has 3 nitrogen and oxygen atoms in total. The molecular formula is C29H34N2OS. The van der Waals surface area contributed by atoms with Gasteiger partial charge in [0.1, 0.15) is 0 Å². The molecule has 4 aliphatic carbocycles. The van der Waals surface area contributed by atoms with Crippen LogP contribution in [0.4, 0.5) is 5.69 Å². The van der Waals surface area contributed by atoms with E-state index in [0.717, 1.165) is 46.0 Å². The monoisotopic (exact) mass is 458 g/mol. The molecule has 1 atom stereocenters. The molecule has 2 aromatic rings. The fourth-order valence-corrected chi connectivity index (χ4v) is 8.53. The molecule has 0 spiro atoms. The molecule has 5 aliphatic rings. The van der Waals surface area contributed by atoms with Gasteiger partial charge in [-0.25, -0.2) is 0 Å². The zero-order valence-corrected chi connectivity index (χ0v) is 20.8. The van der Waals surface area contributed by atoms with Crippen LogP contribution in [0, 0.1) is 30.1 Å². The Labute approximate surface area is 201 Å². The average molecular weight is 459 g/mol. The Balaban J connectivity index is 1.26. The Morgan fingerprint density at radius 1 is 1.06 bits per heavy atom. The number of rotatable bonds is 4. The van der Waals surface area contributed by atoms with Crippen LogP contribution in [0.5, 0.6) is 0 Å². The molecular weight excluding hydrogens is 424 g/mol. The summed E-state index contributed by atoms with van der Waals surface area (Å²) in [5, 5.41) is 3.43. The highest BCUT2D eigenvalue weighted by Gasteiger charge is 2.53. The van der Waals surface area contributed by atoms with Gasteiger partial charge >= 0.3 is 0 Å². The molecule has 4 saturated carbocycles. The van der Waals surface area contributed by atoms with E-state index in [1.165, 1.54) is 54.5 Å². The minimum Gasteiger partial charge on any atom is -0.349 e. The molecule has 1 aliphatic heterocycles. The Hall–Kier alpha value is -2.07. The number of carbonyl (C=O) groups is 1. The summed E-state index contributed by atoms with van der Waals surface area (Å²) in [5.74, 6) is 2.74. The van der Waals surface area contributed by atoms with E-state index in [1.54, 1.807) is 11.8 Å². The zero-order chi connectivity index (χ0) is 22.7. The maximum atomic E-state index is 13.4. The number of fused-ring (bicyclic) bond motifs is 2. The minimum absolute atomic E-state index is 0.0527. The smallest absolute Gasteiger partial charge is 0.251 e. The number of nitrogens with one attached hydrogen (secondary N) is 1. The van der Waals surface area contributed by atoms with Gasteiger partial charge in [-0.2, -0.15) is 0 Å². The van der Waals surface area contributed by atoms with E-state index >= 15 is 0 Å². The van der Waals surface area contributed by atoms with Crippen molar-refractivity contribution in [2.45, 2.75) is 81.5 Å². The van der Waals surface area contributed by atoms with Gasteiger partial charge in [0.25, 0.3) is 5.91 Å². The van der Waals surface area contributed by atoms with Gasteiger partial charge < -0.3 is 5.32 Å². The number of hydrogen-bond acceptors (Lipinski definition) is 3. The lowest BCUT2D eigenvalue weighted by Crippen LogP contribution is -2.55. The first-order chi connectivity index (χ1) is 15.9. The number of benzene rings is 2. The highest BCUT2D eigenvalue weighted by atomic mass is 32.2. The Morgan fingerprint density at radius 3 is 2.39 bits per heavy atom. The van der Waals surface area contributed by atoms with Crippen molar-refractivity contribution in [3.8, 4) is 0 Å². The van der Waals surface area contributed by atoms with Crippen LogP contribution in [0.3, 0.4) is 0 Å². The second-order valence-electron chi connectivity index (χ2n) is 11.2. The molecule has 0 unspecified atom stereocenters. The molecule has 7 rings (SSSR count). The van der Waals surface area contributed by atoms with Gasteiger partial charge in [0.05, 0.1) is 5.69 Å². The quantitative estimate of drug-likeness (QED) is 0.521. The van der Waals surface area contributed by atoms with Crippen molar-refractivity contribution in [2.24, 2.45) is 28.2 Å². The van der Waals surface area contributed by atoms with Crippen molar-refractivity contribution in [1.29, 1.82) is 0 Å². The summed E-state index contributed by atoms with van der Waals surface area (Å²) in [6.07, 6.45) is 9.09. The van der Waals surface area contributed by atoms with Crippen LogP contribution in [0.25, 0.3) is 0 Å². The standard InChI is InChI=1S/C29H34N2OS/c1-4-24-23-9-17(2)5-7-26(23)33-27-8-6-22(13-25(27)31-24)28(32)30-18(3)29-14-19-10-20(15-29)12-21(11-19)16-29/h5-9,13,18-21H,4,10-12,14-16H2,1-3H3,(H,30,32)/t18-,19?,20?,21?,29?/m0/s1. The maximum absolute atomic E-state index is 13.4. The number of aryl methyl sites for hydroxylation is 1. The van der Waals surface area contributed by atoms with Crippen molar-refractivity contribution >= 4 is 29.1 Å². The lowest BCUT2D eigenvalue weighted by atomic mass is 9.48. The minimum atomic E-state index is 0.0527. The first-order valence-corrected chi connectivity index (χ1v) is 13.6. The van der Waals surface area contributed by atoms with E-state index in [4.69, 9.17) is 4.99 Å². The Bertz CT molecular complexity index is 1120. The molecule has 1 heterocycles. The van der Waals surface area contributed by atoms with Crippen molar-refractivity contribution in [3.63, 3.8) is 0 Å². The third kappa shape index (κ3) is 3.75. The van der Waals surface area contributed by atoms with E-state index in [1.807, 2.05) is 12.1 Å². The summed E-state index contributed by atoms with van der Waals surface area (Å²) in [6.45, 7) is 6.55. The van der Waals surface area contributed by atoms with Crippen molar-refractivity contribution < 1.29 is 4.79 Å². The van der Waals surface area contributed by atoms with Gasteiger partial charge in [0.2, 0.25) is 0 Å². The van der Waals surface area contributed by atoms with E-state index in [-0.39, 0.29) is 11.9 Å². The number of amides is 1. The van der Waals surface area contributed by atoms with Gasteiger partial charge in [-0.1, -0.05) is 30.3 Å². The first-order valence-electron chi connectivity index (χ1n) is 12.7. The van der Waals surface area contributed by atoms with Gasteiger partial charge in [-0.15, -0.1) is 0 Å². The topological polar surface area (TPSA) is 41.5 Å².